The lowest BCUT2D eigenvalue weighted by molar-refractivity contribution is 0.0480. The fraction of sp³-hybridized carbons (Fsp3) is 0.842. The minimum absolute atomic E-state index is 0.257. The van der Waals surface area contributed by atoms with Crippen LogP contribution in [-0.4, -0.2) is 42.3 Å². The lowest BCUT2D eigenvalue weighted by atomic mass is 9.98. The van der Waals surface area contributed by atoms with E-state index >= 15 is 0 Å². The van der Waals surface area contributed by atoms with Crippen LogP contribution in [0.3, 0.4) is 0 Å². The van der Waals surface area contributed by atoms with Gasteiger partial charge in [0.05, 0.1) is 0 Å². The third-order valence-electron chi connectivity index (χ3n) is 4.62. The standard InChI is InChI=1S/C19H34N2O2/c1-19(2,3)23-18(22)20-17-11-13-21(14-12-17)15-16-9-7-5-4-6-8-10-16/h9,17H,4-8,10-15H2,1-3H3,(H,20,22)/b16-9-. The van der Waals surface area contributed by atoms with Crippen LogP contribution in [0.4, 0.5) is 4.79 Å². The van der Waals surface area contributed by atoms with Gasteiger partial charge in [0.25, 0.3) is 0 Å². The number of nitrogens with one attached hydrogen (secondary N) is 1. The Bertz CT molecular complexity index is 404. The number of ether oxygens (including phenoxy) is 1. The molecule has 1 saturated heterocycles. The van der Waals surface area contributed by atoms with Crippen LogP contribution in [0.15, 0.2) is 11.6 Å². The zero-order valence-electron chi connectivity index (χ0n) is 15.2. The zero-order valence-corrected chi connectivity index (χ0v) is 15.2. The van der Waals surface area contributed by atoms with Crippen LogP contribution in [0.2, 0.25) is 0 Å². The second-order valence-electron chi connectivity index (χ2n) is 8.01. The van der Waals surface area contributed by atoms with Gasteiger partial charge in [-0.1, -0.05) is 24.5 Å². The fourth-order valence-corrected chi connectivity index (χ4v) is 3.40. The van der Waals surface area contributed by atoms with Gasteiger partial charge >= 0.3 is 6.09 Å². The number of hydrogen-bond acceptors (Lipinski definition) is 3. The summed E-state index contributed by atoms with van der Waals surface area (Å²) >= 11 is 0. The highest BCUT2D eigenvalue weighted by atomic mass is 16.6. The summed E-state index contributed by atoms with van der Waals surface area (Å²) in [5, 5.41) is 3.02. The topological polar surface area (TPSA) is 41.6 Å². The molecule has 0 aromatic carbocycles. The monoisotopic (exact) mass is 322 g/mol. The molecular formula is C19H34N2O2. The second-order valence-corrected chi connectivity index (χ2v) is 8.01. The minimum Gasteiger partial charge on any atom is -0.444 e. The lowest BCUT2D eigenvalue weighted by Crippen LogP contribution is -2.46. The summed E-state index contributed by atoms with van der Waals surface area (Å²) in [7, 11) is 0. The number of likely N-dealkylation sites (tertiary alicyclic amines) is 1. The first-order chi connectivity index (χ1) is 10.9. The van der Waals surface area contributed by atoms with E-state index in [1.54, 1.807) is 5.57 Å². The first kappa shape index (κ1) is 18.3. The van der Waals surface area contributed by atoms with Crippen molar-refractivity contribution in [1.29, 1.82) is 0 Å². The molecule has 1 aliphatic heterocycles. The summed E-state index contributed by atoms with van der Waals surface area (Å²) in [4.78, 5) is 14.4. The molecule has 0 atom stereocenters. The van der Waals surface area contributed by atoms with Gasteiger partial charge in [-0.05, 0) is 59.3 Å². The van der Waals surface area contributed by atoms with Crippen LogP contribution in [0.25, 0.3) is 0 Å². The van der Waals surface area contributed by atoms with Gasteiger partial charge < -0.3 is 10.1 Å². The van der Waals surface area contributed by atoms with Crippen LogP contribution in [-0.2, 0) is 4.74 Å². The van der Waals surface area contributed by atoms with Crippen molar-refractivity contribution in [3.63, 3.8) is 0 Å². The normalized spacial score (nSPS) is 24.2. The van der Waals surface area contributed by atoms with E-state index < -0.39 is 5.60 Å². The van der Waals surface area contributed by atoms with Crippen molar-refractivity contribution in [2.45, 2.75) is 83.8 Å². The zero-order chi connectivity index (χ0) is 16.7. The van der Waals surface area contributed by atoms with Gasteiger partial charge in [-0.3, -0.25) is 4.90 Å². The van der Waals surface area contributed by atoms with Gasteiger partial charge in [-0.2, -0.15) is 0 Å². The van der Waals surface area contributed by atoms with E-state index in [9.17, 15) is 4.79 Å². The molecule has 0 saturated carbocycles. The van der Waals surface area contributed by atoms with Gasteiger partial charge in [0.15, 0.2) is 0 Å². The Morgan fingerprint density at radius 3 is 2.61 bits per heavy atom. The van der Waals surface area contributed by atoms with Crippen molar-refractivity contribution in [3.8, 4) is 0 Å². The predicted molar refractivity (Wildman–Crippen MR) is 94.6 cm³/mol. The van der Waals surface area contributed by atoms with Gasteiger partial charge in [0.2, 0.25) is 0 Å². The first-order valence-electron chi connectivity index (χ1n) is 9.32. The van der Waals surface area contributed by atoms with Crippen molar-refractivity contribution in [2.24, 2.45) is 0 Å². The molecule has 4 nitrogen and oxygen atoms in total. The number of carbonyl (C=O) groups is 1. The maximum atomic E-state index is 11.8. The number of nitrogens with zero attached hydrogens (tertiary/aromatic N) is 1. The molecule has 0 aromatic heterocycles. The summed E-state index contributed by atoms with van der Waals surface area (Å²) < 4.78 is 5.34. The summed E-state index contributed by atoms with van der Waals surface area (Å²) in [5.41, 5.74) is 1.21. The van der Waals surface area contributed by atoms with Crippen LogP contribution in [0.1, 0.15) is 72.1 Å². The third kappa shape index (κ3) is 7.38. The average Bonchev–Trinajstić information content (AvgIpc) is 2.41. The third-order valence-corrected chi connectivity index (χ3v) is 4.62. The molecule has 2 aliphatic rings. The predicted octanol–water partition coefficient (Wildman–Crippen LogP) is 4.26. The molecule has 0 spiro atoms. The van der Waals surface area contributed by atoms with Gasteiger partial charge in [0, 0.05) is 25.7 Å². The Kier molecular flexibility index (Phi) is 6.94. The molecule has 2 rings (SSSR count). The van der Waals surface area contributed by atoms with Crippen molar-refractivity contribution < 1.29 is 9.53 Å². The van der Waals surface area contributed by atoms with E-state index in [4.69, 9.17) is 4.74 Å². The molecule has 0 unspecified atom stereocenters. The number of hydrogen-bond donors (Lipinski definition) is 1. The molecule has 1 aliphatic carbocycles. The van der Waals surface area contributed by atoms with Crippen molar-refractivity contribution >= 4 is 6.09 Å². The molecule has 1 N–H and O–H groups in total. The molecule has 132 valence electrons. The van der Waals surface area contributed by atoms with E-state index in [2.05, 4.69) is 16.3 Å². The summed E-state index contributed by atoms with van der Waals surface area (Å²) in [6.45, 7) is 8.96. The fourth-order valence-electron chi connectivity index (χ4n) is 3.40. The SMILES string of the molecule is CC(C)(C)OC(=O)NC1CCN(C/C2=C\CCCCCC2)CC1. The number of amides is 1. The van der Waals surface area contributed by atoms with Crippen LogP contribution in [0, 0.1) is 0 Å². The van der Waals surface area contributed by atoms with Crippen molar-refractivity contribution in [2.75, 3.05) is 19.6 Å². The van der Waals surface area contributed by atoms with Crippen LogP contribution < -0.4 is 5.32 Å². The molecule has 4 heteroatoms. The van der Waals surface area contributed by atoms with Crippen LogP contribution in [0.5, 0.6) is 0 Å². The Hall–Kier alpha value is -1.03. The van der Waals surface area contributed by atoms with Crippen molar-refractivity contribution in [1.82, 2.24) is 10.2 Å². The first-order valence-corrected chi connectivity index (χ1v) is 9.32. The quantitative estimate of drug-likeness (QED) is 0.790. The van der Waals surface area contributed by atoms with Crippen molar-refractivity contribution in [3.05, 3.63) is 11.6 Å². The highest BCUT2D eigenvalue weighted by Crippen LogP contribution is 2.20. The van der Waals surface area contributed by atoms with E-state index in [1.165, 1.54) is 38.5 Å². The summed E-state index contributed by atoms with van der Waals surface area (Å²) in [5.74, 6) is 0. The maximum absolute atomic E-state index is 11.8. The molecular weight excluding hydrogens is 288 g/mol. The summed E-state index contributed by atoms with van der Waals surface area (Å²) in [6.07, 6.45) is 12.3. The number of allylic oxidation sites excluding steroid dienone is 1. The highest BCUT2D eigenvalue weighted by Gasteiger charge is 2.23. The van der Waals surface area contributed by atoms with E-state index in [1.807, 2.05) is 20.8 Å². The largest absolute Gasteiger partial charge is 0.444 e. The number of carbonyl (C=O) groups excluding carboxylic acids is 1. The maximum Gasteiger partial charge on any atom is 0.407 e. The van der Waals surface area contributed by atoms with Gasteiger partial charge in [-0.15, -0.1) is 0 Å². The Labute approximate surface area is 141 Å². The average molecular weight is 322 g/mol. The molecule has 0 radical (unpaired) electrons. The number of rotatable bonds is 3. The number of alkyl carbamates (subject to hydrolysis) is 1. The number of piperidine rings is 1. The lowest BCUT2D eigenvalue weighted by Gasteiger charge is -2.33. The molecule has 1 amide bonds. The Morgan fingerprint density at radius 1 is 1.22 bits per heavy atom. The minimum atomic E-state index is -0.421. The highest BCUT2D eigenvalue weighted by molar-refractivity contribution is 5.68. The molecule has 0 bridgehead atoms. The molecule has 1 heterocycles. The van der Waals surface area contributed by atoms with Gasteiger partial charge in [-0.25, -0.2) is 4.79 Å². The molecule has 0 aromatic rings. The Balaban J connectivity index is 1.70. The van der Waals surface area contributed by atoms with Gasteiger partial charge in [0.1, 0.15) is 5.60 Å². The van der Waals surface area contributed by atoms with Crippen LogP contribution >= 0.6 is 0 Å². The second kappa shape index (κ2) is 8.72. The van der Waals surface area contributed by atoms with E-state index in [0.29, 0.717) is 0 Å². The Morgan fingerprint density at radius 2 is 1.91 bits per heavy atom. The molecule has 23 heavy (non-hydrogen) atoms. The van der Waals surface area contributed by atoms with E-state index in [0.717, 1.165) is 32.5 Å². The molecule has 1 fully saturated rings. The smallest absolute Gasteiger partial charge is 0.407 e. The van der Waals surface area contributed by atoms with E-state index in [-0.39, 0.29) is 12.1 Å². The summed E-state index contributed by atoms with van der Waals surface area (Å²) in [6, 6.07) is 0.257.